The predicted octanol–water partition coefficient (Wildman–Crippen LogP) is 4.74. The number of nitrogens with zero attached hydrogens (tertiary/aromatic N) is 3. The highest BCUT2D eigenvalue weighted by molar-refractivity contribution is 7.99. The first-order valence-electron chi connectivity index (χ1n) is 8.04. The molecular formula is C19H23N3S. The van der Waals surface area contributed by atoms with E-state index in [1.165, 1.54) is 5.56 Å². The second-order valence-corrected chi connectivity index (χ2v) is 7.57. The molecule has 0 amide bonds. The molecule has 3 rings (SSSR count). The molecule has 2 aromatic carbocycles. The van der Waals surface area contributed by atoms with Crippen molar-refractivity contribution in [1.82, 2.24) is 15.0 Å². The van der Waals surface area contributed by atoms with E-state index in [-0.39, 0.29) is 4.87 Å². The van der Waals surface area contributed by atoms with E-state index >= 15 is 0 Å². The van der Waals surface area contributed by atoms with E-state index in [2.05, 4.69) is 77.6 Å². The summed E-state index contributed by atoms with van der Waals surface area (Å²) in [7, 11) is 0. The molecule has 0 N–H and O–H groups in total. The molecule has 0 bridgehead atoms. The van der Waals surface area contributed by atoms with Gasteiger partial charge in [-0.25, -0.2) is 4.68 Å². The topological polar surface area (TPSA) is 30.7 Å². The Morgan fingerprint density at radius 3 is 2.43 bits per heavy atom. The third-order valence-electron chi connectivity index (χ3n) is 4.17. The van der Waals surface area contributed by atoms with Gasteiger partial charge in [0.05, 0.1) is 5.52 Å². The van der Waals surface area contributed by atoms with Gasteiger partial charge in [-0.3, -0.25) is 0 Å². The van der Waals surface area contributed by atoms with Crippen molar-refractivity contribution in [2.24, 2.45) is 5.92 Å². The fourth-order valence-corrected chi connectivity index (χ4v) is 4.32. The fourth-order valence-electron chi connectivity index (χ4n) is 3.20. The van der Waals surface area contributed by atoms with Gasteiger partial charge in [0.2, 0.25) is 0 Å². The van der Waals surface area contributed by atoms with Crippen molar-refractivity contribution in [3.8, 4) is 0 Å². The lowest BCUT2D eigenvalue weighted by Crippen LogP contribution is -2.35. The molecule has 0 spiro atoms. The van der Waals surface area contributed by atoms with E-state index in [4.69, 9.17) is 0 Å². The van der Waals surface area contributed by atoms with Crippen molar-refractivity contribution in [2.75, 3.05) is 6.26 Å². The minimum atomic E-state index is -0.119. The highest BCUT2D eigenvalue weighted by atomic mass is 32.2. The molecule has 1 unspecified atom stereocenters. The van der Waals surface area contributed by atoms with Crippen LogP contribution in [0.3, 0.4) is 0 Å². The molecule has 0 fully saturated rings. The van der Waals surface area contributed by atoms with Gasteiger partial charge in [-0.05, 0) is 36.3 Å². The van der Waals surface area contributed by atoms with Crippen LogP contribution in [0.2, 0.25) is 0 Å². The summed E-state index contributed by atoms with van der Waals surface area (Å²) >= 11 is 1.87. The molecule has 0 radical (unpaired) electrons. The number of hydrogen-bond acceptors (Lipinski definition) is 3. The molecule has 120 valence electrons. The average Bonchev–Trinajstić information content (AvgIpc) is 2.99. The molecular weight excluding hydrogens is 302 g/mol. The van der Waals surface area contributed by atoms with Gasteiger partial charge in [-0.1, -0.05) is 61.5 Å². The van der Waals surface area contributed by atoms with Crippen LogP contribution >= 0.6 is 11.8 Å². The van der Waals surface area contributed by atoms with Crippen LogP contribution in [0.15, 0.2) is 54.6 Å². The number of rotatable bonds is 6. The smallest absolute Gasteiger partial charge is 0.114 e. The molecule has 3 nitrogen and oxygen atoms in total. The van der Waals surface area contributed by atoms with E-state index < -0.39 is 0 Å². The van der Waals surface area contributed by atoms with Crippen LogP contribution < -0.4 is 0 Å². The number of para-hydroxylation sites is 1. The summed E-state index contributed by atoms with van der Waals surface area (Å²) in [5.74, 6) is 0.578. The van der Waals surface area contributed by atoms with Crippen LogP contribution in [0, 0.1) is 5.92 Å². The molecule has 0 saturated heterocycles. The van der Waals surface area contributed by atoms with Crippen LogP contribution in [-0.2, 0) is 11.3 Å². The Labute approximate surface area is 142 Å². The first-order chi connectivity index (χ1) is 11.1. The molecule has 0 saturated carbocycles. The van der Waals surface area contributed by atoms with Crippen molar-refractivity contribution in [1.29, 1.82) is 0 Å². The minimum Gasteiger partial charge on any atom is -0.228 e. The lowest BCUT2D eigenvalue weighted by Gasteiger charge is -2.34. The van der Waals surface area contributed by atoms with Crippen LogP contribution in [-0.4, -0.2) is 21.2 Å². The third kappa shape index (κ3) is 3.27. The second kappa shape index (κ2) is 6.75. The zero-order chi connectivity index (χ0) is 16.3. The summed E-state index contributed by atoms with van der Waals surface area (Å²) in [6.07, 6.45) is 4.18. The number of aromatic nitrogens is 3. The second-order valence-electron chi connectivity index (χ2n) is 6.40. The van der Waals surface area contributed by atoms with Crippen molar-refractivity contribution >= 4 is 22.8 Å². The fraction of sp³-hybridized carbons (Fsp3) is 0.368. The summed E-state index contributed by atoms with van der Waals surface area (Å²) in [4.78, 5) is -0.119. The number of hydrogen-bond donors (Lipinski definition) is 0. The Hall–Kier alpha value is -1.81. The van der Waals surface area contributed by atoms with Gasteiger partial charge in [0, 0.05) is 6.42 Å². The van der Waals surface area contributed by atoms with Gasteiger partial charge in [-0.2, -0.15) is 0 Å². The Balaban J connectivity index is 2.10. The Kier molecular flexibility index (Phi) is 4.71. The van der Waals surface area contributed by atoms with Gasteiger partial charge >= 0.3 is 0 Å². The molecule has 23 heavy (non-hydrogen) atoms. The zero-order valence-corrected chi connectivity index (χ0v) is 14.8. The Morgan fingerprint density at radius 2 is 1.74 bits per heavy atom. The molecule has 1 atom stereocenters. The molecule has 0 aliphatic carbocycles. The summed E-state index contributed by atoms with van der Waals surface area (Å²) in [5.41, 5.74) is 3.41. The lowest BCUT2D eigenvalue weighted by atomic mass is 9.96. The Bertz CT molecular complexity index is 766. The van der Waals surface area contributed by atoms with E-state index in [1.54, 1.807) is 0 Å². The molecule has 3 aromatic rings. The monoisotopic (exact) mass is 325 g/mol. The number of benzene rings is 2. The largest absolute Gasteiger partial charge is 0.228 e. The van der Waals surface area contributed by atoms with Gasteiger partial charge < -0.3 is 0 Å². The first kappa shape index (κ1) is 16.1. The van der Waals surface area contributed by atoms with E-state index in [0.717, 1.165) is 23.9 Å². The number of thioether (sulfide) groups is 1. The van der Waals surface area contributed by atoms with Crippen molar-refractivity contribution < 1.29 is 0 Å². The van der Waals surface area contributed by atoms with Crippen LogP contribution in [0.25, 0.3) is 11.0 Å². The average molecular weight is 325 g/mol. The maximum atomic E-state index is 4.53. The molecule has 0 aliphatic rings. The summed E-state index contributed by atoms with van der Waals surface area (Å²) < 4.78 is 2.14. The normalized spacial score (nSPS) is 14.3. The first-order valence-corrected chi connectivity index (χ1v) is 9.27. The quantitative estimate of drug-likeness (QED) is 0.656. The van der Waals surface area contributed by atoms with Crippen LogP contribution in [0.4, 0.5) is 0 Å². The van der Waals surface area contributed by atoms with Crippen LogP contribution in [0.1, 0.15) is 25.8 Å². The van der Waals surface area contributed by atoms with Crippen molar-refractivity contribution in [2.45, 2.75) is 31.6 Å². The zero-order valence-electron chi connectivity index (χ0n) is 13.9. The van der Waals surface area contributed by atoms with E-state index in [9.17, 15) is 0 Å². The van der Waals surface area contributed by atoms with Gasteiger partial charge in [0.25, 0.3) is 0 Å². The van der Waals surface area contributed by atoms with Gasteiger partial charge in [0.1, 0.15) is 10.4 Å². The summed E-state index contributed by atoms with van der Waals surface area (Å²) in [6.45, 7) is 4.55. The van der Waals surface area contributed by atoms with E-state index in [1.807, 2.05) is 23.9 Å². The van der Waals surface area contributed by atoms with E-state index in [0.29, 0.717) is 5.92 Å². The molecule has 0 aliphatic heterocycles. The standard InChI is InChI=1S/C19H23N3S/c1-15(2)13-19(23-3,14-16-9-5-4-6-10-16)22-18-12-8-7-11-17(18)20-21-22/h4-12,15H,13-14H2,1-3H3. The van der Waals surface area contributed by atoms with Crippen molar-refractivity contribution in [3.05, 3.63) is 60.2 Å². The molecule has 1 aromatic heterocycles. The van der Waals surface area contributed by atoms with Crippen molar-refractivity contribution in [3.63, 3.8) is 0 Å². The maximum absolute atomic E-state index is 4.53. The third-order valence-corrected chi connectivity index (χ3v) is 5.41. The highest BCUT2D eigenvalue weighted by Crippen LogP contribution is 2.40. The summed E-state index contributed by atoms with van der Waals surface area (Å²) in [5, 5.41) is 8.91. The van der Waals surface area contributed by atoms with Gasteiger partial charge in [0.15, 0.2) is 0 Å². The maximum Gasteiger partial charge on any atom is 0.114 e. The van der Waals surface area contributed by atoms with Crippen LogP contribution in [0.5, 0.6) is 0 Å². The minimum absolute atomic E-state index is 0.119. The SMILES string of the molecule is CSC(Cc1ccccc1)(CC(C)C)n1nnc2ccccc21. The van der Waals surface area contributed by atoms with Gasteiger partial charge in [-0.15, -0.1) is 16.9 Å². The summed E-state index contributed by atoms with van der Waals surface area (Å²) in [6, 6.07) is 18.9. The predicted molar refractivity (Wildman–Crippen MR) is 98.6 cm³/mol. The molecule has 1 heterocycles. The molecule has 4 heteroatoms. The number of fused-ring (bicyclic) bond motifs is 1. The highest BCUT2D eigenvalue weighted by Gasteiger charge is 2.35. The Morgan fingerprint density at radius 1 is 1.04 bits per heavy atom. The lowest BCUT2D eigenvalue weighted by molar-refractivity contribution is 0.329.